The van der Waals surface area contributed by atoms with Gasteiger partial charge in [0.25, 0.3) is 11.8 Å². The average molecular weight is 425 g/mol. The van der Waals surface area contributed by atoms with Gasteiger partial charge in [0.1, 0.15) is 6.04 Å². The smallest absolute Gasteiger partial charge is 0.262 e. The summed E-state index contributed by atoms with van der Waals surface area (Å²) >= 11 is 0. The van der Waals surface area contributed by atoms with Gasteiger partial charge in [-0.3, -0.25) is 34.2 Å². The van der Waals surface area contributed by atoms with E-state index in [1.165, 1.54) is 6.42 Å². The molecule has 0 radical (unpaired) electrons. The monoisotopic (exact) mass is 425 g/mol. The fourth-order valence-electron chi connectivity index (χ4n) is 4.79. The van der Waals surface area contributed by atoms with Crippen molar-refractivity contribution in [3.8, 4) is 0 Å². The van der Waals surface area contributed by atoms with Crippen molar-refractivity contribution in [2.75, 3.05) is 6.54 Å². The number of piperidine rings is 1. The quantitative estimate of drug-likeness (QED) is 0.532. The Hall–Kier alpha value is -3.03. The minimum absolute atomic E-state index is 0.0946. The van der Waals surface area contributed by atoms with Gasteiger partial charge in [0, 0.05) is 18.9 Å². The number of benzene rings is 1. The first-order chi connectivity index (χ1) is 15.0. The standard InChI is InChI=1S/C23H27N3O5/c27-18-12-11-17(21(29)25-18)26-22(30)16-10-4-8-14(19(16)23(26)31)9-5-13-24-20(28)15-6-2-1-3-7-15/h4,8,10,15,17H,1-3,5-7,9,11-13H2,(H,24,28)(H,25,27,29). The first-order valence-corrected chi connectivity index (χ1v) is 11.1. The Labute approximate surface area is 180 Å². The van der Waals surface area contributed by atoms with Gasteiger partial charge in [-0.05, 0) is 43.7 Å². The van der Waals surface area contributed by atoms with E-state index in [9.17, 15) is 24.0 Å². The first-order valence-electron chi connectivity index (χ1n) is 11.1. The maximum absolute atomic E-state index is 13.1. The Bertz CT molecular complexity index is 935. The number of nitrogens with zero attached hydrogens (tertiary/aromatic N) is 1. The summed E-state index contributed by atoms with van der Waals surface area (Å²) in [6, 6.07) is 4.16. The Morgan fingerprint density at radius 1 is 1.03 bits per heavy atom. The Balaban J connectivity index is 1.39. The van der Waals surface area contributed by atoms with Crippen molar-refractivity contribution in [2.45, 2.75) is 63.8 Å². The van der Waals surface area contributed by atoms with Crippen LogP contribution in [0.3, 0.4) is 0 Å². The van der Waals surface area contributed by atoms with E-state index in [0.29, 0.717) is 30.5 Å². The second kappa shape index (κ2) is 8.99. The van der Waals surface area contributed by atoms with Crippen molar-refractivity contribution in [3.05, 3.63) is 34.9 Å². The molecule has 1 saturated carbocycles. The zero-order chi connectivity index (χ0) is 22.0. The van der Waals surface area contributed by atoms with Gasteiger partial charge in [-0.15, -0.1) is 0 Å². The Morgan fingerprint density at radius 3 is 2.55 bits per heavy atom. The maximum Gasteiger partial charge on any atom is 0.262 e. The van der Waals surface area contributed by atoms with Gasteiger partial charge in [0.2, 0.25) is 17.7 Å². The number of imide groups is 2. The molecule has 0 spiro atoms. The van der Waals surface area contributed by atoms with Crippen LogP contribution in [0, 0.1) is 5.92 Å². The highest BCUT2D eigenvalue weighted by Crippen LogP contribution is 2.30. The largest absolute Gasteiger partial charge is 0.356 e. The molecule has 0 aromatic heterocycles. The van der Waals surface area contributed by atoms with Crippen molar-refractivity contribution >= 4 is 29.5 Å². The summed E-state index contributed by atoms with van der Waals surface area (Å²) in [7, 11) is 0. The SMILES string of the molecule is O=C1CCC(N2C(=O)c3cccc(CCCNC(=O)C4CCCCC4)c3C2=O)C(=O)N1. The number of fused-ring (bicyclic) bond motifs is 1. The molecule has 0 bridgehead atoms. The molecule has 1 aromatic rings. The van der Waals surface area contributed by atoms with Crippen molar-refractivity contribution in [2.24, 2.45) is 5.92 Å². The van der Waals surface area contributed by atoms with Crippen LogP contribution in [0.4, 0.5) is 0 Å². The van der Waals surface area contributed by atoms with Crippen LogP contribution in [-0.4, -0.2) is 47.0 Å². The van der Waals surface area contributed by atoms with Crippen LogP contribution in [0.5, 0.6) is 0 Å². The maximum atomic E-state index is 13.1. The van der Waals surface area contributed by atoms with E-state index in [1.54, 1.807) is 18.2 Å². The third-order valence-corrected chi connectivity index (χ3v) is 6.45. The highest BCUT2D eigenvalue weighted by Gasteiger charge is 2.45. The van der Waals surface area contributed by atoms with Gasteiger partial charge in [0.05, 0.1) is 11.1 Å². The van der Waals surface area contributed by atoms with E-state index in [4.69, 9.17) is 0 Å². The number of rotatable bonds is 6. The fraction of sp³-hybridized carbons (Fsp3) is 0.522. The number of aryl methyl sites for hydroxylation is 1. The summed E-state index contributed by atoms with van der Waals surface area (Å²) in [4.78, 5) is 62.8. The van der Waals surface area contributed by atoms with Crippen LogP contribution in [0.1, 0.15) is 77.6 Å². The predicted octanol–water partition coefficient (Wildman–Crippen LogP) is 1.72. The van der Waals surface area contributed by atoms with Crippen molar-refractivity contribution in [1.29, 1.82) is 0 Å². The van der Waals surface area contributed by atoms with E-state index in [0.717, 1.165) is 36.1 Å². The average Bonchev–Trinajstić information content (AvgIpc) is 3.03. The molecule has 8 nitrogen and oxygen atoms in total. The molecule has 1 saturated heterocycles. The molecule has 5 amide bonds. The summed E-state index contributed by atoms with van der Waals surface area (Å²) in [5, 5.41) is 5.20. The summed E-state index contributed by atoms with van der Waals surface area (Å²) in [6.45, 7) is 0.512. The molecule has 3 aliphatic rings. The molecule has 2 heterocycles. The van der Waals surface area contributed by atoms with Crippen LogP contribution in [0.2, 0.25) is 0 Å². The van der Waals surface area contributed by atoms with E-state index in [1.807, 2.05) is 0 Å². The van der Waals surface area contributed by atoms with Crippen molar-refractivity contribution < 1.29 is 24.0 Å². The molecule has 2 aliphatic heterocycles. The van der Waals surface area contributed by atoms with Gasteiger partial charge in [-0.2, -0.15) is 0 Å². The van der Waals surface area contributed by atoms with E-state index in [-0.39, 0.29) is 24.7 Å². The lowest BCUT2D eigenvalue weighted by Gasteiger charge is -2.27. The molecular formula is C23H27N3O5. The lowest BCUT2D eigenvalue weighted by atomic mass is 9.88. The van der Waals surface area contributed by atoms with Crippen LogP contribution >= 0.6 is 0 Å². The minimum atomic E-state index is -0.965. The number of hydrogen-bond acceptors (Lipinski definition) is 5. The molecule has 2 fully saturated rings. The number of amides is 5. The zero-order valence-corrected chi connectivity index (χ0v) is 17.4. The lowest BCUT2D eigenvalue weighted by Crippen LogP contribution is -2.54. The molecular weight excluding hydrogens is 398 g/mol. The second-order valence-electron chi connectivity index (χ2n) is 8.52. The van der Waals surface area contributed by atoms with E-state index in [2.05, 4.69) is 10.6 Å². The van der Waals surface area contributed by atoms with Gasteiger partial charge < -0.3 is 5.32 Å². The summed E-state index contributed by atoms with van der Waals surface area (Å²) in [5.41, 5.74) is 1.35. The number of hydrogen-bond donors (Lipinski definition) is 2. The van der Waals surface area contributed by atoms with Crippen LogP contribution in [0.15, 0.2) is 18.2 Å². The van der Waals surface area contributed by atoms with Crippen LogP contribution in [0.25, 0.3) is 0 Å². The molecule has 1 aromatic carbocycles. The molecule has 164 valence electrons. The predicted molar refractivity (Wildman–Crippen MR) is 111 cm³/mol. The summed E-state index contributed by atoms with van der Waals surface area (Å²) in [6.07, 6.45) is 6.73. The number of carbonyl (C=O) groups is 5. The normalized spacial score (nSPS) is 21.8. The fourth-order valence-corrected chi connectivity index (χ4v) is 4.79. The second-order valence-corrected chi connectivity index (χ2v) is 8.52. The topological polar surface area (TPSA) is 113 Å². The first kappa shape index (κ1) is 21.2. The van der Waals surface area contributed by atoms with E-state index >= 15 is 0 Å². The van der Waals surface area contributed by atoms with Gasteiger partial charge in [0.15, 0.2) is 0 Å². The Kier molecular flexibility index (Phi) is 6.15. The number of carbonyl (C=O) groups excluding carboxylic acids is 5. The highest BCUT2D eigenvalue weighted by atomic mass is 16.2. The molecule has 1 unspecified atom stereocenters. The molecule has 1 aliphatic carbocycles. The van der Waals surface area contributed by atoms with Gasteiger partial charge >= 0.3 is 0 Å². The molecule has 8 heteroatoms. The van der Waals surface area contributed by atoms with Crippen molar-refractivity contribution in [1.82, 2.24) is 15.5 Å². The molecule has 4 rings (SSSR count). The lowest BCUT2D eigenvalue weighted by molar-refractivity contribution is -0.136. The third kappa shape index (κ3) is 4.24. The summed E-state index contributed by atoms with van der Waals surface area (Å²) in [5.74, 6) is -1.78. The van der Waals surface area contributed by atoms with Gasteiger partial charge in [-0.25, -0.2) is 0 Å². The van der Waals surface area contributed by atoms with Crippen molar-refractivity contribution in [3.63, 3.8) is 0 Å². The van der Waals surface area contributed by atoms with E-state index < -0.39 is 29.7 Å². The molecule has 2 N–H and O–H groups in total. The third-order valence-electron chi connectivity index (χ3n) is 6.45. The number of nitrogens with one attached hydrogen (secondary N) is 2. The summed E-state index contributed by atoms with van der Waals surface area (Å²) < 4.78 is 0. The molecule has 1 atom stereocenters. The van der Waals surface area contributed by atoms with Crippen LogP contribution in [-0.2, 0) is 20.8 Å². The Morgan fingerprint density at radius 2 is 1.81 bits per heavy atom. The minimum Gasteiger partial charge on any atom is -0.356 e. The molecule has 31 heavy (non-hydrogen) atoms. The zero-order valence-electron chi connectivity index (χ0n) is 17.4. The van der Waals surface area contributed by atoms with Gasteiger partial charge in [-0.1, -0.05) is 31.4 Å². The highest BCUT2D eigenvalue weighted by molar-refractivity contribution is 6.24. The van der Waals surface area contributed by atoms with Crippen LogP contribution < -0.4 is 10.6 Å².